The molecule has 1 aromatic carbocycles. The minimum Gasteiger partial charge on any atom is -0.479 e. The van der Waals surface area contributed by atoms with E-state index in [0.29, 0.717) is 22.4 Å². The molecule has 2 N–H and O–H groups in total. The van der Waals surface area contributed by atoms with E-state index in [2.05, 4.69) is 26.1 Å². The Morgan fingerprint density at radius 3 is 2.71 bits per heavy atom. The van der Waals surface area contributed by atoms with Crippen LogP contribution < -0.4 is 0 Å². The van der Waals surface area contributed by atoms with E-state index < -0.39 is 12.1 Å². The number of aromatic nitrogens is 2. The second kappa shape index (κ2) is 6.74. The second-order valence-corrected chi connectivity index (χ2v) is 6.40. The zero-order valence-electron chi connectivity index (χ0n) is 12.9. The predicted octanol–water partition coefficient (Wildman–Crippen LogP) is 2.15. The summed E-state index contributed by atoms with van der Waals surface area (Å²) in [6, 6.07) is 9.47. The number of carbonyl (C=O) groups excluding carboxylic acids is 1. The van der Waals surface area contributed by atoms with Crippen LogP contribution in [-0.2, 0) is 9.53 Å². The molecule has 0 spiro atoms. The molecule has 1 aliphatic heterocycles. The van der Waals surface area contributed by atoms with Crippen molar-refractivity contribution in [2.45, 2.75) is 19.1 Å². The Morgan fingerprint density at radius 1 is 1.33 bits per heavy atom. The quantitative estimate of drug-likeness (QED) is 0.832. The Morgan fingerprint density at radius 2 is 2.04 bits per heavy atom. The van der Waals surface area contributed by atoms with E-state index >= 15 is 0 Å². The maximum Gasteiger partial charge on any atom is 0.334 e. The van der Waals surface area contributed by atoms with Crippen molar-refractivity contribution in [3.8, 4) is 11.3 Å². The van der Waals surface area contributed by atoms with Gasteiger partial charge in [-0.3, -0.25) is 9.89 Å². The number of carbonyl (C=O) groups is 2. The first-order chi connectivity index (χ1) is 11.5. The lowest BCUT2D eigenvalue weighted by molar-refractivity contribution is -0.160. The van der Waals surface area contributed by atoms with Crippen LogP contribution in [0.2, 0.25) is 0 Å². The van der Waals surface area contributed by atoms with E-state index in [-0.39, 0.29) is 18.6 Å². The van der Waals surface area contributed by atoms with Crippen LogP contribution in [0.15, 0.2) is 34.8 Å². The van der Waals surface area contributed by atoms with Gasteiger partial charge in [-0.2, -0.15) is 5.10 Å². The van der Waals surface area contributed by atoms with Crippen LogP contribution in [0.5, 0.6) is 0 Å². The molecule has 0 saturated carbocycles. The monoisotopic (exact) mass is 393 g/mol. The zero-order chi connectivity index (χ0) is 17.3. The summed E-state index contributed by atoms with van der Waals surface area (Å²) in [7, 11) is 0. The summed E-state index contributed by atoms with van der Waals surface area (Å²) in [5, 5.41) is 16.1. The highest BCUT2D eigenvalue weighted by molar-refractivity contribution is 9.10. The van der Waals surface area contributed by atoms with E-state index in [1.807, 2.05) is 30.3 Å². The molecule has 8 heteroatoms. The van der Waals surface area contributed by atoms with Crippen molar-refractivity contribution in [3.63, 3.8) is 0 Å². The number of nitrogens with one attached hydrogen (secondary N) is 1. The van der Waals surface area contributed by atoms with Gasteiger partial charge in [-0.1, -0.05) is 30.3 Å². The van der Waals surface area contributed by atoms with Crippen molar-refractivity contribution in [2.75, 3.05) is 13.1 Å². The third-order valence-electron chi connectivity index (χ3n) is 3.79. The molecule has 0 radical (unpaired) electrons. The van der Waals surface area contributed by atoms with Crippen molar-refractivity contribution in [1.82, 2.24) is 15.1 Å². The molecule has 3 rings (SSSR count). The largest absolute Gasteiger partial charge is 0.479 e. The highest BCUT2D eigenvalue weighted by atomic mass is 79.9. The molecule has 2 heterocycles. The summed E-state index contributed by atoms with van der Waals surface area (Å²) in [4.78, 5) is 25.4. The number of ether oxygens (including phenoxy) is 1. The van der Waals surface area contributed by atoms with Gasteiger partial charge in [0.05, 0.1) is 17.1 Å². The number of nitrogens with zero attached hydrogens (tertiary/aromatic N) is 2. The lowest BCUT2D eigenvalue weighted by Gasteiger charge is -2.34. The van der Waals surface area contributed by atoms with Crippen LogP contribution >= 0.6 is 15.9 Å². The molecule has 1 aromatic heterocycles. The van der Waals surface area contributed by atoms with Gasteiger partial charge in [-0.25, -0.2) is 4.79 Å². The summed E-state index contributed by atoms with van der Waals surface area (Å²) in [6.45, 7) is 2.08. The molecule has 1 fully saturated rings. The minimum atomic E-state index is -1.08. The first kappa shape index (κ1) is 16.7. The number of benzene rings is 1. The van der Waals surface area contributed by atoms with Crippen molar-refractivity contribution in [1.29, 1.82) is 0 Å². The minimum absolute atomic E-state index is 0.00460. The van der Waals surface area contributed by atoms with Crippen molar-refractivity contribution < 1.29 is 19.4 Å². The number of amides is 1. The number of carboxylic acid groups (broad SMARTS) is 1. The standard InChI is InChI=1S/C16H16BrN3O4/c1-9-7-20(8-11(24-9)16(22)23)15(21)14-12(17)13(18-19-14)10-5-3-2-4-6-10/h2-6,9,11H,7-8H2,1H3,(H,18,19)(H,22,23)/t9-,11?/m1/s1. The number of aromatic amines is 1. The first-order valence-corrected chi connectivity index (χ1v) is 8.23. The van der Waals surface area contributed by atoms with E-state index in [1.165, 1.54) is 4.90 Å². The molecule has 1 amide bonds. The number of morpholine rings is 1. The normalized spacial score (nSPS) is 20.8. The van der Waals surface area contributed by atoms with Gasteiger partial charge in [0.1, 0.15) is 11.4 Å². The first-order valence-electron chi connectivity index (χ1n) is 7.44. The number of halogens is 1. The molecule has 126 valence electrons. The second-order valence-electron chi connectivity index (χ2n) is 5.61. The maximum absolute atomic E-state index is 12.8. The molecule has 2 aromatic rings. The van der Waals surface area contributed by atoms with E-state index in [9.17, 15) is 9.59 Å². The van der Waals surface area contributed by atoms with Crippen LogP contribution in [0.25, 0.3) is 11.3 Å². The average Bonchev–Trinajstić information content (AvgIpc) is 2.96. The number of hydrogen-bond acceptors (Lipinski definition) is 4. The number of hydrogen-bond donors (Lipinski definition) is 2. The lowest BCUT2D eigenvalue weighted by Crippen LogP contribution is -2.51. The molecular weight excluding hydrogens is 378 g/mol. The summed E-state index contributed by atoms with van der Waals surface area (Å²) >= 11 is 3.43. The van der Waals surface area contributed by atoms with Crippen LogP contribution in [0, 0.1) is 0 Å². The number of H-pyrrole nitrogens is 1. The highest BCUT2D eigenvalue weighted by Crippen LogP contribution is 2.29. The fourth-order valence-electron chi connectivity index (χ4n) is 2.67. The summed E-state index contributed by atoms with van der Waals surface area (Å²) in [6.07, 6.45) is -1.37. The topological polar surface area (TPSA) is 95.5 Å². The average molecular weight is 394 g/mol. The molecule has 1 unspecified atom stereocenters. The van der Waals surface area contributed by atoms with Crippen molar-refractivity contribution in [2.24, 2.45) is 0 Å². The fourth-order valence-corrected chi connectivity index (χ4v) is 3.24. The Balaban J connectivity index is 1.85. The molecule has 0 aliphatic carbocycles. The van der Waals surface area contributed by atoms with Crippen LogP contribution in [-0.4, -0.2) is 57.4 Å². The molecule has 0 bridgehead atoms. The Bertz CT molecular complexity index is 762. The van der Waals surface area contributed by atoms with Crippen LogP contribution in [0.1, 0.15) is 17.4 Å². The van der Waals surface area contributed by atoms with Crippen molar-refractivity contribution in [3.05, 3.63) is 40.5 Å². The Kier molecular flexibility index (Phi) is 4.68. The predicted molar refractivity (Wildman–Crippen MR) is 89.6 cm³/mol. The van der Waals surface area contributed by atoms with E-state index in [0.717, 1.165) is 5.56 Å². The summed E-state index contributed by atoms with van der Waals surface area (Å²) in [5.74, 6) is -1.38. The van der Waals surface area contributed by atoms with Gasteiger partial charge in [0.15, 0.2) is 6.10 Å². The van der Waals surface area contributed by atoms with Crippen LogP contribution in [0.4, 0.5) is 0 Å². The molecule has 7 nitrogen and oxygen atoms in total. The summed E-state index contributed by atoms with van der Waals surface area (Å²) < 4.78 is 5.90. The number of aliphatic carboxylic acids is 1. The van der Waals surface area contributed by atoms with Crippen molar-refractivity contribution >= 4 is 27.8 Å². The highest BCUT2D eigenvalue weighted by Gasteiger charge is 2.34. The maximum atomic E-state index is 12.8. The molecule has 2 atom stereocenters. The Labute approximate surface area is 146 Å². The smallest absolute Gasteiger partial charge is 0.334 e. The molecular formula is C16H16BrN3O4. The van der Waals surface area contributed by atoms with Crippen LogP contribution in [0.3, 0.4) is 0 Å². The van der Waals surface area contributed by atoms with Gasteiger partial charge in [0, 0.05) is 12.1 Å². The zero-order valence-corrected chi connectivity index (χ0v) is 14.5. The molecule has 1 aliphatic rings. The third-order valence-corrected chi connectivity index (χ3v) is 4.56. The van der Waals surface area contributed by atoms with Gasteiger partial charge in [0.25, 0.3) is 5.91 Å². The SMILES string of the molecule is C[C@@H]1CN(C(=O)c2[nH]nc(-c3ccccc3)c2Br)CC(C(=O)O)O1. The fraction of sp³-hybridized carbons (Fsp3) is 0.312. The molecule has 24 heavy (non-hydrogen) atoms. The van der Waals surface area contributed by atoms with Gasteiger partial charge >= 0.3 is 5.97 Å². The van der Waals surface area contributed by atoms with E-state index in [1.54, 1.807) is 6.92 Å². The summed E-state index contributed by atoms with van der Waals surface area (Å²) in [5.41, 5.74) is 1.81. The van der Waals surface area contributed by atoms with Gasteiger partial charge in [-0.15, -0.1) is 0 Å². The number of rotatable bonds is 3. The Hall–Kier alpha value is -2.19. The third kappa shape index (κ3) is 3.20. The van der Waals surface area contributed by atoms with Gasteiger partial charge in [-0.05, 0) is 22.9 Å². The van der Waals surface area contributed by atoms with Gasteiger partial charge in [0.2, 0.25) is 0 Å². The van der Waals surface area contributed by atoms with E-state index in [4.69, 9.17) is 9.84 Å². The van der Waals surface area contributed by atoms with Gasteiger partial charge < -0.3 is 14.7 Å². The molecule has 1 saturated heterocycles. The lowest BCUT2D eigenvalue weighted by atomic mass is 10.1. The number of carboxylic acids is 1.